The van der Waals surface area contributed by atoms with Gasteiger partial charge in [0, 0.05) is 30.1 Å². The van der Waals surface area contributed by atoms with Crippen LogP contribution in [0.4, 0.5) is 0 Å². The Balaban J connectivity index is 2.02. The van der Waals surface area contributed by atoms with Crippen LogP contribution in [0, 0.1) is 11.3 Å². The van der Waals surface area contributed by atoms with Crippen LogP contribution in [0.5, 0.6) is 0 Å². The molecule has 0 spiro atoms. The molecule has 0 bridgehead atoms. The van der Waals surface area contributed by atoms with Gasteiger partial charge in [-0.1, -0.05) is 26.8 Å². The third kappa shape index (κ3) is 4.30. The van der Waals surface area contributed by atoms with Gasteiger partial charge in [-0.15, -0.1) is 11.3 Å². The number of nitrogens with one attached hydrogen (secondary N) is 1. The SMILES string of the molecule is CCNC1C(CN(Cc2cccs2)C(C)C)CCC1(C)C. The van der Waals surface area contributed by atoms with E-state index in [4.69, 9.17) is 0 Å². The summed E-state index contributed by atoms with van der Waals surface area (Å²) >= 11 is 1.88. The zero-order chi connectivity index (χ0) is 15.5. The number of rotatable bonds is 7. The van der Waals surface area contributed by atoms with Crippen molar-refractivity contribution < 1.29 is 0 Å². The van der Waals surface area contributed by atoms with E-state index in [0.29, 0.717) is 17.5 Å². The summed E-state index contributed by atoms with van der Waals surface area (Å²) in [7, 11) is 0. The van der Waals surface area contributed by atoms with Crippen molar-refractivity contribution in [3.8, 4) is 0 Å². The van der Waals surface area contributed by atoms with Crippen LogP contribution in [0.1, 0.15) is 52.3 Å². The first-order chi connectivity index (χ1) is 9.94. The van der Waals surface area contributed by atoms with Crippen LogP contribution in [0.2, 0.25) is 0 Å². The van der Waals surface area contributed by atoms with Crippen molar-refractivity contribution in [3.05, 3.63) is 22.4 Å². The lowest BCUT2D eigenvalue weighted by Gasteiger charge is -2.35. The molecule has 1 fully saturated rings. The normalized spacial score (nSPS) is 25.1. The summed E-state index contributed by atoms with van der Waals surface area (Å²) in [5, 5.41) is 5.95. The van der Waals surface area contributed by atoms with E-state index in [1.807, 2.05) is 11.3 Å². The summed E-state index contributed by atoms with van der Waals surface area (Å²) in [4.78, 5) is 4.14. The second kappa shape index (κ2) is 7.26. The average Bonchev–Trinajstić information content (AvgIpc) is 3.00. The lowest BCUT2D eigenvalue weighted by atomic mass is 9.84. The van der Waals surface area contributed by atoms with Crippen LogP contribution in [0.3, 0.4) is 0 Å². The van der Waals surface area contributed by atoms with Crippen molar-refractivity contribution in [2.75, 3.05) is 13.1 Å². The topological polar surface area (TPSA) is 15.3 Å². The monoisotopic (exact) mass is 308 g/mol. The molecule has 3 heteroatoms. The van der Waals surface area contributed by atoms with Crippen molar-refractivity contribution in [1.82, 2.24) is 10.2 Å². The third-order valence-corrected chi connectivity index (χ3v) is 5.90. The lowest BCUT2D eigenvalue weighted by molar-refractivity contribution is 0.152. The zero-order valence-corrected chi connectivity index (χ0v) is 15.2. The average molecular weight is 309 g/mol. The van der Waals surface area contributed by atoms with Gasteiger partial charge in [-0.3, -0.25) is 4.90 Å². The van der Waals surface area contributed by atoms with Gasteiger partial charge in [-0.25, -0.2) is 0 Å². The molecule has 0 aliphatic heterocycles. The van der Waals surface area contributed by atoms with Gasteiger partial charge in [0.15, 0.2) is 0 Å². The number of hydrogen-bond donors (Lipinski definition) is 1. The maximum Gasteiger partial charge on any atom is 0.0330 e. The van der Waals surface area contributed by atoms with Gasteiger partial charge in [0.05, 0.1) is 0 Å². The second-order valence-electron chi connectivity index (χ2n) is 7.43. The van der Waals surface area contributed by atoms with Crippen molar-refractivity contribution in [3.63, 3.8) is 0 Å². The van der Waals surface area contributed by atoms with E-state index < -0.39 is 0 Å². The van der Waals surface area contributed by atoms with E-state index in [2.05, 4.69) is 62.3 Å². The van der Waals surface area contributed by atoms with Crippen LogP contribution in [0.15, 0.2) is 17.5 Å². The predicted octanol–water partition coefficient (Wildman–Crippen LogP) is 4.37. The number of hydrogen-bond acceptors (Lipinski definition) is 3. The standard InChI is InChI=1S/C18H32N2S/c1-6-19-17-15(9-10-18(17,4)5)12-20(14(2)3)13-16-8-7-11-21-16/h7-8,11,14-15,17,19H,6,9-10,12-13H2,1-5H3. The van der Waals surface area contributed by atoms with E-state index >= 15 is 0 Å². The molecule has 1 aromatic rings. The highest BCUT2D eigenvalue weighted by Gasteiger charge is 2.41. The van der Waals surface area contributed by atoms with E-state index in [0.717, 1.165) is 19.0 Å². The smallest absolute Gasteiger partial charge is 0.0330 e. The van der Waals surface area contributed by atoms with E-state index in [-0.39, 0.29) is 0 Å². The Morgan fingerprint density at radius 3 is 2.76 bits per heavy atom. The van der Waals surface area contributed by atoms with E-state index in [1.165, 1.54) is 24.3 Å². The number of thiophene rings is 1. The summed E-state index contributed by atoms with van der Waals surface area (Å²) in [6, 6.07) is 5.70. The fourth-order valence-corrected chi connectivity index (χ4v) is 4.47. The molecule has 1 saturated carbocycles. The fourth-order valence-electron chi connectivity index (χ4n) is 3.74. The Hall–Kier alpha value is -0.380. The Labute approximate surface area is 134 Å². The van der Waals surface area contributed by atoms with Crippen molar-refractivity contribution in [2.45, 2.75) is 66.1 Å². The quantitative estimate of drug-likeness (QED) is 0.804. The molecular formula is C18H32N2S. The van der Waals surface area contributed by atoms with Gasteiger partial charge in [0.2, 0.25) is 0 Å². The predicted molar refractivity (Wildman–Crippen MR) is 93.8 cm³/mol. The summed E-state index contributed by atoms with van der Waals surface area (Å²) < 4.78 is 0. The molecule has 21 heavy (non-hydrogen) atoms. The summed E-state index contributed by atoms with van der Waals surface area (Å²) in [5.41, 5.74) is 0.437. The Morgan fingerprint density at radius 2 is 2.19 bits per heavy atom. The molecule has 1 N–H and O–H groups in total. The third-order valence-electron chi connectivity index (χ3n) is 5.04. The van der Waals surface area contributed by atoms with Crippen LogP contribution in [-0.4, -0.2) is 30.1 Å². The Bertz CT molecular complexity index is 411. The summed E-state index contributed by atoms with van der Waals surface area (Å²) in [5.74, 6) is 0.780. The van der Waals surface area contributed by atoms with E-state index in [9.17, 15) is 0 Å². The van der Waals surface area contributed by atoms with Crippen molar-refractivity contribution in [1.29, 1.82) is 0 Å². The van der Waals surface area contributed by atoms with Gasteiger partial charge in [0.1, 0.15) is 0 Å². The molecule has 1 aromatic heterocycles. The number of nitrogens with zero attached hydrogens (tertiary/aromatic N) is 1. The first-order valence-electron chi connectivity index (χ1n) is 8.44. The first kappa shape index (κ1) is 17.0. The Morgan fingerprint density at radius 1 is 1.43 bits per heavy atom. The minimum absolute atomic E-state index is 0.437. The maximum absolute atomic E-state index is 3.76. The molecule has 0 aromatic carbocycles. The molecule has 120 valence electrons. The molecule has 1 aliphatic rings. The molecule has 2 rings (SSSR count). The highest BCUT2D eigenvalue weighted by Crippen LogP contribution is 2.41. The van der Waals surface area contributed by atoms with Crippen LogP contribution in [0.25, 0.3) is 0 Å². The minimum Gasteiger partial charge on any atom is -0.313 e. The van der Waals surface area contributed by atoms with Gasteiger partial charge in [0.25, 0.3) is 0 Å². The van der Waals surface area contributed by atoms with E-state index in [1.54, 1.807) is 0 Å². The van der Waals surface area contributed by atoms with Gasteiger partial charge in [-0.2, -0.15) is 0 Å². The molecule has 2 nitrogen and oxygen atoms in total. The van der Waals surface area contributed by atoms with Crippen molar-refractivity contribution in [2.24, 2.45) is 11.3 Å². The molecular weight excluding hydrogens is 276 g/mol. The second-order valence-corrected chi connectivity index (χ2v) is 8.46. The minimum atomic E-state index is 0.437. The first-order valence-corrected chi connectivity index (χ1v) is 9.32. The molecule has 2 atom stereocenters. The largest absolute Gasteiger partial charge is 0.313 e. The fraction of sp³-hybridized carbons (Fsp3) is 0.778. The molecule has 0 amide bonds. The summed E-state index contributed by atoms with van der Waals surface area (Å²) in [6.45, 7) is 15.2. The van der Waals surface area contributed by atoms with Crippen LogP contribution < -0.4 is 5.32 Å². The highest BCUT2D eigenvalue weighted by atomic mass is 32.1. The highest BCUT2D eigenvalue weighted by molar-refractivity contribution is 7.09. The molecule has 2 unspecified atom stereocenters. The molecule has 1 aliphatic carbocycles. The molecule has 0 radical (unpaired) electrons. The maximum atomic E-state index is 3.76. The lowest BCUT2D eigenvalue weighted by Crippen LogP contribution is -2.46. The van der Waals surface area contributed by atoms with Crippen molar-refractivity contribution >= 4 is 11.3 Å². The zero-order valence-electron chi connectivity index (χ0n) is 14.4. The van der Waals surface area contributed by atoms with Gasteiger partial charge in [-0.05, 0) is 56.0 Å². The van der Waals surface area contributed by atoms with Gasteiger partial charge >= 0.3 is 0 Å². The van der Waals surface area contributed by atoms with Crippen LogP contribution in [-0.2, 0) is 6.54 Å². The molecule has 1 heterocycles. The van der Waals surface area contributed by atoms with Gasteiger partial charge < -0.3 is 5.32 Å². The summed E-state index contributed by atoms with van der Waals surface area (Å²) in [6.07, 6.45) is 2.71. The Kier molecular flexibility index (Phi) is 5.87. The molecule has 0 saturated heterocycles. The van der Waals surface area contributed by atoms with Crippen LogP contribution >= 0.6 is 11.3 Å².